The van der Waals surface area contributed by atoms with Gasteiger partial charge in [0.25, 0.3) is 5.91 Å². The summed E-state index contributed by atoms with van der Waals surface area (Å²) in [6.45, 7) is 8.65. The van der Waals surface area contributed by atoms with Crippen molar-refractivity contribution in [3.8, 4) is 0 Å². The Bertz CT molecular complexity index is 815. The summed E-state index contributed by atoms with van der Waals surface area (Å²) in [5, 5.41) is 6.90. The van der Waals surface area contributed by atoms with E-state index in [-0.39, 0.29) is 12.5 Å². The highest BCUT2D eigenvalue weighted by Crippen LogP contribution is 2.23. The second-order valence-corrected chi connectivity index (χ2v) is 6.40. The molecule has 0 heterocycles. The topological polar surface area (TPSA) is 59.9 Å². The molecule has 0 aliphatic heterocycles. The number of carbonyl (C=O) groups excluding carboxylic acids is 1. The van der Waals surface area contributed by atoms with Crippen LogP contribution in [0.15, 0.2) is 47.6 Å². The first-order valence-corrected chi connectivity index (χ1v) is 9.13. The molecule has 144 valence electrons. The molecule has 1 amide bonds. The molecule has 1 N–H and O–H groups in total. The van der Waals surface area contributed by atoms with Crippen molar-refractivity contribution in [2.75, 3.05) is 13.7 Å². The first kappa shape index (κ1) is 20.6. The third kappa shape index (κ3) is 5.41. The molecule has 2 aromatic carbocycles. The van der Waals surface area contributed by atoms with Crippen molar-refractivity contribution in [2.24, 2.45) is 5.16 Å². The van der Waals surface area contributed by atoms with Crippen LogP contribution in [0.1, 0.15) is 47.8 Å². The van der Waals surface area contributed by atoms with E-state index in [1.807, 2.05) is 44.2 Å². The summed E-state index contributed by atoms with van der Waals surface area (Å²) < 4.78 is 5.64. The Hall–Kier alpha value is -2.66. The lowest BCUT2D eigenvalue weighted by Crippen LogP contribution is -2.28. The lowest BCUT2D eigenvalue weighted by Gasteiger charge is -2.18. The van der Waals surface area contributed by atoms with Crippen LogP contribution in [0.4, 0.5) is 0 Å². The first-order chi connectivity index (χ1) is 13.0. The number of benzene rings is 2. The van der Waals surface area contributed by atoms with Crippen molar-refractivity contribution in [1.29, 1.82) is 0 Å². The molecule has 0 radical (unpaired) electrons. The van der Waals surface area contributed by atoms with Gasteiger partial charge < -0.3 is 14.9 Å². The Morgan fingerprint density at radius 2 is 1.89 bits per heavy atom. The van der Waals surface area contributed by atoms with Crippen LogP contribution >= 0.6 is 0 Å². The van der Waals surface area contributed by atoms with Crippen LogP contribution < -0.4 is 5.32 Å². The van der Waals surface area contributed by atoms with E-state index in [1.165, 1.54) is 11.1 Å². The normalized spacial score (nSPS) is 12.6. The van der Waals surface area contributed by atoms with Crippen molar-refractivity contribution in [1.82, 2.24) is 5.32 Å². The number of aryl methyl sites for hydroxylation is 2. The number of ether oxygens (including phenoxy) is 1. The SMILES string of the molecule is CCOC(C(=O)NC)c1ccccc1CON=C(C)c1ccc(C)c(C)c1. The van der Waals surface area contributed by atoms with Gasteiger partial charge in [0, 0.05) is 13.7 Å². The highest BCUT2D eigenvalue weighted by molar-refractivity contribution is 5.98. The minimum atomic E-state index is -0.662. The van der Waals surface area contributed by atoms with Crippen LogP contribution in [-0.2, 0) is 21.0 Å². The Kier molecular flexibility index (Phi) is 7.55. The van der Waals surface area contributed by atoms with Crippen LogP contribution in [0, 0.1) is 13.8 Å². The van der Waals surface area contributed by atoms with Gasteiger partial charge in [-0.2, -0.15) is 0 Å². The third-order valence-electron chi connectivity index (χ3n) is 4.50. The number of nitrogens with zero attached hydrogens (tertiary/aromatic N) is 1. The van der Waals surface area contributed by atoms with Crippen molar-refractivity contribution < 1.29 is 14.4 Å². The molecule has 1 atom stereocenters. The number of amides is 1. The molecule has 2 rings (SSSR count). The van der Waals surface area contributed by atoms with Gasteiger partial charge in [0.15, 0.2) is 6.10 Å². The Morgan fingerprint density at radius 3 is 2.56 bits per heavy atom. The highest BCUT2D eigenvalue weighted by Gasteiger charge is 2.22. The van der Waals surface area contributed by atoms with Crippen LogP contribution in [-0.4, -0.2) is 25.3 Å². The smallest absolute Gasteiger partial charge is 0.253 e. The molecule has 0 saturated carbocycles. The van der Waals surface area contributed by atoms with Gasteiger partial charge in [-0.25, -0.2) is 0 Å². The molecular formula is C22H28N2O3. The maximum atomic E-state index is 12.2. The quantitative estimate of drug-likeness (QED) is 0.564. The Labute approximate surface area is 161 Å². The summed E-state index contributed by atoms with van der Waals surface area (Å²) in [6, 6.07) is 13.8. The summed E-state index contributed by atoms with van der Waals surface area (Å²) in [6.07, 6.45) is -0.662. The van der Waals surface area contributed by atoms with Gasteiger partial charge in [-0.3, -0.25) is 4.79 Å². The molecule has 27 heavy (non-hydrogen) atoms. The Morgan fingerprint density at radius 1 is 1.15 bits per heavy atom. The van der Waals surface area contributed by atoms with Crippen LogP contribution in [0.25, 0.3) is 0 Å². The van der Waals surface area contributed by atoms with E-state index in [1.54, 1.807) is 7.05 Å². The van der Waals surface area contributed by atoms with Crippen LogP contribution in [0.5, 0.6) is 0 Å². The summed E-state index contributed by atoms with van der Waals surface area (Å²) >= 11 is 0. The zero-order valence-electron chi connectivity index (χ0n) is 16.7. The number of likely N-dealkylation sites (N-methyl/N-ethyl adjacent to an activating group) is 1. The summed E-state index contributed by atoms with van der Waals surface area (Å²) in [5.74, 6) is -0.181. The third-order valence-corrected chi connectivity index (χ3v) is 4.50. The fourth-order valence-corrected chi connectivity index (χ4v) is 2.74. The number of hydrogen-bond donors (Lipinski definition) is 1. The van der Waals surface area contributed by atoms with Gasteiger partial charge in [-0.05, 0) is 61.6 Å². The minimum Gasteiger partial charge on any atom is -0.391 e. The zero-order chi connectivity index (χ0) is 19.8. The average molecular weight is 368 g/mol. The molecule has 0 aliphatic rings. The van der Waals surface area contributed by atoms with Gasteiger partial charge in [0.1, 0.15) is 6.61 Å². The van der Waals surface area contributed by atoms with Gasteiger partial charge in [-0.15, -0.1) is 0 Å². The monoisotopic (exact) mass is 368 g/mol. The lowest BCUT2D eigenvalue weighted by atomic mass is 10.0. The molecule has 0 aliphatic carbocycles. The maximum Gasteiger partial charge on any atom is 0.253 e. The largest absolute Gasteiger partial charge is 0.391 e. The van der Waals surface area contributed by atoms with Gasteiger partial charge in [0.05, 0.1) is 5.71 Å². The van der Waals surface area contributed by atoms with Crippen LogP contribution in [0.2, 0.25) is 0 Å². The molecule has 0 spiro atoms. The van der Waals surface area contributed by atoms with Crippen LogP contribution in [0.3, 0.4) is 0 Å². The predicted molar refractivity (Wildman–Crippen MR) is 108 cm³/mol. The van der Waals surface area contributed by atoms with Gasteiger partial charge in [0.2, 0.25) is 0 Å². The van der Waals surface area contributed by atoms with Gasteiger partial charge in [-0.1, -0.05) is 41.6 Å². The maximum absolute atomic E-state index is 12.2. The number of rotatable bonds is 8. The van der Waals surface area contributed by atoms with E-state index in [0.717, 1.165) is 22.4 Å². The van der Waals surface area contributed by atoms with Crippen molar-refractivity contribution >= 4 is 11.6 Å². The first-order valence-electron chi connectivity index (χ1n) is 9.13. The van der Waals surface area contributed by atoms with E-state index in [2.05, 4.69) is 36.5 Å². The molecule has 0 bridgehead atoms. The van der Waals surface area contributed by atoms with E-state index in [0.29, 0.717) is 6.61 Å². The average Bonchev–Trinajstić information content (AvgIpc) is 2.68. The highest BCUT2D eigenvalue weighted by atomic mass is 16.6. The zero-order valence-corrected chi connectivity index (χ0v) is 16.7. The fraction of sp³-hybridized carbons (Fsp3) is 0.364. The number of nitrogens with one attached hydrogen (secondary N) is 1. The molecule has 0 aromatic heterocycles. The van der Waals surface area contributed by atoms with E-state index >= 15 is 0 Å². The molecule has 5 heteroatoms. The minimum absolute atomic E-state index is 0.181. The van der Waals surface area contributed by atoms with Crippen molar-refractivity contribution in [3.63, 3.8) is 0 Å². The van der Waals surface area contributed by atoms with Crippen molar-refractivity contribution in [2.45, 2.75) is 40.4 Å². The Balaban J connectivity index is 2.15. The molecule has 0 saturated heterocycles. The standard InChI is InChI=1S/C22H28N2O3/c1-6-26-21(22(25)23-5)20-10-8-7-9-19(20)14-27-24-17(4)18-12-11-15(2)16(3)13-18/h7-13,21H,6,14H2,1-5H3,(H,23,25). The number of hydrogen-bond acceptors (Lipinski definition) is 4. The molecule has 1 unspecified atom stereocenters. The van der Waals surface area contributed by atoms with E-state index in [4.69, 9.17) is 9.57 Å². The molecule has 2 aromatic rings. The molecule has 0 fully saturated rings. The second kappa shape index (κ2) is 9.88. The summed E-state index contributed by atoms with van der Waals surface area (Å²) in [5.41, 5.74) is 5.97. The summed E-state index contributed by atoms with van der Waals surface area (Å²) in [7, 11) is 1.60. The van der Waals surface area contributed by atoms with Gasteiger partial charge >= 0.3 is 0 Å². The number of carbonyl (C=O) groups is 1. The van der Waals surface area contributed by atoms with E-state index < -0.39 is 6.10 Å². The van der Waals surface area contributed by atoms with Crippen molar-refractivity contribution in [3.05, 3.63) is 70.3 Å². The summed E-state index contributed by atoms with van der Waals surface area (Å²) in [4.78, 5) is 17.8. The molecule has 5 nitrogen and oxygen atoms in total. The van der Waals surface area contributed by atoms with E-state index in [9.17, 15) is 4.79 Å². The number of oxime groups is 1. The fourth-order valence-electron chi connectivity index (χ4n) is 2.74. The predicted octanol–water partition coefficient (Wildman–Crippen LogP) is 4.07. The molecular weight excluding hydrogens is 340 g/mol. The lowest BCUT2D eigenvalue weighted by molar-refractivity contribution is -0.132. The second-order valence-electron chi connectivity index (χ2n) is 6.40.